The molecule has 0 atom stereocenters. The Labute approximate surface area is 101 Å². The molecule has 1 rings (SSSR count). The van der Waals surface area contributed by atoms with Crippen molar-refractivity contribution >= 4 is 17.4 Å². The minimum absolute atomic E-state index is 0.0301. The second kappa shape index (κ2) is 6.64. The molecule has 0 unspecified atom stereocenters. The number of Topliss-reactive ketones (excluding diaryl/α,β-unsaturated/α-hetero) is 1. The average molecular weight is 243 g/mol. The number of hydrogen-bond donors (Lipinski definition) is 0. The molecule has 1 aromatic carbocycles. The third kappa shape index (κ3) is 4.31. The molecule has 0 aromatic heterocycles. The number of carbonyl (C=O) groups excluding carboxylic acids is 1. The van der Waals surface area contributed by atoms with Gasteiger partial charge in [0.15, 0.2) is 5.78 Å². The van der Waals surface area contributed by atoms with E-state index >= 15 is 0 Å². The molecule has 0 N–H and O–H groups in total. The number of benzene rings is 1. The molecular formula is C13H16ClFO. The quantitative estimate of drug-likeness (QED) is 0.525. The van der Waals surface area contributed by atoms with Crippen molar-refractivity contribution in [1.29, 1.82) is 0 Å². The van der Waals surface area contributed by atoms with Gasteiger partial charge in [0.25, 0.3) is 0 Å². The molecule has 1 nitrogen and oxygen atoms in total. The van der Waals surface area contributed by atoms with E-state index in [2.05, 4.69) is 6.92 Å². The number of carbonyl (C=O) groups is 1. The Kier molecular flexibility index (Phi) is 5.47. The highest BCUT2D eigenvalue weighted by atomic mass is 35.5. The van der Waals surface area contributed by atoms with Crippen molar-refractivity contribution < 1.29 is 9.18 Å². The second-order valence-electron chi connectivity index (χ2n) is 3.89. The largest absolute Gasteiger partial charge is 0.294 e. The van der Waals surface area contributed by atoms with E-state index in [4.69, 9.17) is 11.6 Å². The normalized spacial score (nSPS) is 10.4. The zero-order valence-corrected chi connectivity index (χ0v) is 10.2. The van der Waals surface area contributed by atoms with E-state index in [0.717, 1.165) is 25.7 Å². The van der Waals surface area contributed by atoms with Gasteiger partial charge in [0.05, 0.1) is 0 Å². The molecule has 0 bridgehead atoms. The summed E-state index contributed by atoms with van der Waals surface area (Å²) in [6.45, 7) is 2.12. The van der Waals surface area contributed by atoms with Crippen LogP contribution in [0.3, 0.4) is 0 Å². The van der Waals surface area contributed by atoms with E-state index in [0.29, 0.717) is 12.0 Å². The molecule has 0 aliphatic rings. The molecule has 0 aliphatic heterocycles. The molecule has 0 fully saturated rings. The van der Waals surface area contributed by atoms with Crippen molar-refractivity contribution in [2.75, 3.05) is 0 Å². The van der Waals surface area contributed by atoms with Crippen LogP contribution in [0.15, 0.2) is 18.2 Å². The number of ketones is 1. The summed E-state index contributed by atoms with van der Waals surface area (Å²) in [7, 11) is 0. The first-order valence-electron chi connectivity index (χ1n) is 5.62. The van der Waals surface area contributed by atoms with Crippen LogP contribution in [0.2, 0.25) is 5.02 Å². The number of halogens is 2. The molecule has 0 saturated carbocycles. The van der Waals surface area contributed by atoms with Crippen LogP contribution in [0, 0.1) is 5.82 Å². The van der Waals surface area contributed by atoms with Gasteiger partial charge in [-0.15, -0.1) is 0 Å². The smallest absolute Gasteiger partial charge is 0.163 e. The van der Waals surface area contributed by atoms with Crippen molar-refractivity contribution in [3.05, 3.63) is 34.6 Å². The summed E-state index contributed by atoms with van der Waals surface area (Å²) in [5.41, 5.74) is 0.376. The predicted molar refractivity (Wildman–Crippen MR) is 64.5 cm³/mol. The lowest BCUT2D eigenvalue weighted by Gasteiger charge is -2.02. The second-order valence-corrected chi connectivity index (χ2v) is 4.33. The monoisotopic (exact) mass is 242 g/mol. The summed E-state index contributed by atoms with van der Waals surface area (Å²) in [4.78, 5) is 11.7. The van der Waals surface area contributed by atoms with Gasteiger partial charge in [0.2, 0.25) is 0 Å². The lowest BCUT2D eigenvalue weighted by molar-refractivity contribution is 0.0978. The topological polar surface area (TPSA) is 17.1 Å². The van der Waals surface area contributed by atoms with E-state index in [1.807, 2.05) is 0 Å². The molecule has 88 valence electrons. The first-order valence-corrected chi connectivity index (χ1v) is 6.00. The molecule has 0 aliphatic carbocycles. The fourth-order valence-electron chi connectivity index (χ4n) is 1.57. The fourth-order valence-corrected chi connectivity index (χ4v) is 1.79. The molecule has 1 aromatic rings. The number of unbranched alkanes of at least 4 members (excludes halogenated alkanes) is 3. The SMILES string of the molecule is CCCCCCC(=O)c1cc(F)cc(Cl)c1. The van der Waals surface area contributed by atoms with Crippen molar-refractivity contribution in [1.82, 2.24) is 0 Å². The maximum absolute atomic E-state index is 13.0. The van der Waals surface area contributed by atoms with E-state index < -0.39 is 5.82 Å². The van der Waals surface area contributed by atoms with Crippen LogP contribution < -0.4 is 0 Å². The van der Waals surface area contributed by atoms with E-state index in [-0.39, 0.29) is 10.8 Å². The maximum atomic E-state index is 13.0. The lowest BCUT2D eigenvalue weighted by atomic mass is 10.0. The van der Waals surface area contributed by atoms with Gasteiger partial charge in [-0.2, -0.15) is 0 Å². The summed E-state index contributed by atoms with van der Waals surface area (Å²) >= 11 is 5.69. The van der Waals surface area contributed by atoms with E-state index in [1.54, 1.807) is 0 Å². The summed E-state index contributed by atoms with van der Waals surface area (Å²) in [6, 6.07) is 3.97. The predicted octanol–water partition coefficient (Wildman–Crippen LogP) is 4.63. The molecule has 0 amide bonds. The minimum atomic E-state index is -0.454. The summed E-state index contributed by atoms with van der Waals surface area (Å²) in [5, 5.41) is 0.275. The highest BCUT2D eigenvalue weighted by molar-refractivity contribution is 6.31. The van der Waals surface area contributed by atoms with Crippen molar-refractivity contribution in [2.45, 2.75) is 39.0 Å². The summed E-state index contributed by atoms with van der Waals surface area (Å²) in [6.07, 6.45) is 4.66. The molecular weight excluding hydrogens is 227 g/mol. The Bertz CT molecular complexity index is 343. The van der Waals surface area contributed by atoms with Gasteiger partial charge in [-0.25, -0.2) is 4.39 Å². The van der Waals surface area contributed by atoms with Crippen molar-refractivity contribution in [3.8, 4) is 0 Å². The van der Waals surface area contributed by atoms with Gasteiger partial charge >= 0.3 is 0 Å². The van der Waals surface area contributed by atoms with Crippen molar-refractivity contribution in [2.24, 2.45) is 0 Å². The average Bonchev–Trinajstić information content (AvgIpc) is 2.22. The molecule has 0 spiro atoms. The van der Waals surface area contributed by atoms with Gasteiger partial charge < -0.3 is 0 Å². The molecule has 0 radical (unpaired) electrons. The summed E-state index contributed by atoms with van der Waals surface area (Å²) < 4.78 is 13.0. The maximum Gasteiger partial charge on any atom is 0.163 e. The third-order valence-corrected chi connectivity index (χ3v) is 2.66. The standard InChI is InChI=1S/C13H16ClFO/c1-2-3-4-5-6-13(16)10-7-11(14)9-12(15)8-10/h7-9H,2-6H2,1H3. The highest BCUT2D eigenvalue weighted by Gasteiger charge is 2.08. The van der Waals surface area contributed by atoms with Gasteiger partial charge in [-0.1, -0.05) is 37.8 Å². The summed E-state index contributed by atoms with van der Waals surface area (Å²) in [5.74, 6) is -0.484. The Morgan fingerprint density at radius 1 is 1.25 bits per heavy atom. The van der Waals surface area contributed by atoms with Gasteiger partial charge in [0, 0.05) is 17.0 Å². The highest BCUT2D eigenvalue weighted by Crippen LogP contribution is 2.16. The third-order valence-electron chi connectivity index (χ3n) is 2.44. The lowest BCUT2D eigenvalue weighted by Crippen LogP contribution is -1.99. The first kappa shape index (κ1) is 13.2. The number of rotatable bonds is 6. The molecule has 16 heavy (non-hydrogen) atoms. The van der Waals surface area contributed by atoms with Crippen LogP contribution in [0.25, 0.3) is 0 Å². The zero-order chi connectivity index (χ0) is 12.0. The Balaban J connectivity index is 2.52. The van der Waals surface area contributed by atoms with Crippen LogP contribution in [-0.4, -0.2) is 5.78 Å². The molecule has 0 heterocycles. The Hall–Kier alpha value is -0.890. The van der Waals surface area contributed by atoms with Crippen LogP contribution in [-0.2, 0) is 0 Å². The fraction of sp³-hybridized carbons (Fsp3) is 0.462. The van der Waals surface area contributed by atoms with Crippen molar-refractivity contribution in [3.63, 3.8) is 0 Å². The van der Waals surface area contributed by atoms with Crippen LogP contribution in [0.5, 0.6) is 0 Å². The van der Waals surface area contributed by atoms with Gasteiger partial charge in [-0.3, -0.25) is 4.79 Å². The Morgan fingerprint density at radius 3 is 2.62 bits per heavy atom. The minimum Gasteiger partial charge on any atom is -0.294 e. The van der Waals surface area contributed by atoms with Crippen LogP contribution in [0.4, 0.5) is 4.39 Å². The molecule has 3 heteroatoms. The molecule has 0 saturated heterocycles. The van der Waals surface area contributed by atoms with Crippen LogP contribution in [0.1, 0.15) is 49.4 Å². The van der Waals surface area contributed by atoms with E-state index in [9.17, 15) is 9.18 Å². The van der Waals surface area contributed by atoms with Crippen LogP contribution >= 0.6 is 11.6 Å². The number of hydrogen-bond acceptors (Lipinski definition) is 1. The van der Waals surface area contributed by atoms with Gasteiger partial charge in [-0.05, 0) is 24.6 Å². The van der Waals surface area contributed by atoms with Gasteiger partial charge in [0.1, 0.15) is 5.82 Å². The first-order chi connectivity index (χ1) is 7.63. The van der Waals surface area contributed by atoms with E-state index in [1.165, 1.54) is 18.2 Å². The zero-order valence-electron chi connectivity index (χ0n) is 9.43. The Morgan fingerprint density at radius 2 is 2.00 bits per heavy atom.